The molecular formula is C13H13NO2. The molecule has 1 saturated carbocycles. The van der Waals surface area contributed by atoms with Gasteiger partial charge in [0.15, 0.2) is 0 Å². The molecule has 0 atom stereocenters. The van der Waals surface area contributed by atoms with Gasteiger partial charge in [-0.15, -0.1) is 0 Å². The highest BCUT2D eigenvalue weighted by molar-refractivity contribution is 6.05. The number of fused-ring (bicyclic) bond motifs is 1. The summed E-state index contributed by atoms with van der Waals surface area (Å²) in [6, 6.07) is 7.59. The molecule has 0 radical (unpaired) electrons. The van der Waals surface area contributed by atoms with Gasteiger partial charge < -0.3 is 9.73 Å². The number of amides is 1. The van der Waals surface area contributed by atoms with E-state index in [-0.39, 0.29) is 5.91 Å². The molecule has 0 bridgehead atoms. The van der Waals surface area contributed by atoms with Crippen molar-refractivity contribution < 1.29 is 9.21 Å². The third-order valence-corrected chi connectivity index (χ3v) is 2.97. The Labute approximate surface area is 93.4 Å². The lowest BCUT2D eigenvalue weighted by molar-refractivity contribution is 0.0952. The van der Waals surface area contributed by atoms with Crippen LogP contribution >= 0.6 is 0 Å². The molecule has 1 heterocycles. The average molecular weight is 215 g/mol. The van der Waals surface area contributed by atoms with Crippen LogP contribution in [0.3, 0.4) is 0 Å². The molecule has 1 N–H and O–H groups in total. The maximum atomic E-state index is 11.9. The van der Waals surface area contributed by atoms with E-state index in [4.69, 9.17) is 4.42 Å². The second-order valence-corrected chi connectivity index (χ2v) is 4.30. The molecule has 16 heavy (non-hydrogen) atoms. The molecule has 0 aliphatic heterocycles. The Morgan fingerprint density at radius 1 is 1.38 bits per heavy atom. The van der Waals surface area contributed by atoms with Gasteiger partial charge in [0.05, 0.1) is 5.56 Å². The summed E-state index contributed by atoms with van der Waals surface area (Å²) in [5.41, 5.74) is 1.40. The summed E-state index contributed by atoms with van der Waals surface area (Å²) in [5, 5.41) is 3.83. The molecule has 1 aromatic carbocycles. The van der Waals surface area contributed by atoms with Crippen LogP contribution in [0.5, 0.6) is 0 Å². The molecule has 1 amide bonds. The Hall–Kier alpha value is -1.77. The van der Waals surface area contributed by atoms with E-state index in [1.165, 1.54) is 19.1 Å². The Bertz CT molecular complexity index is 525. The first-order chi connectivity index (χ1) is 7.84. The van der Waals surface area contributed by atoms with E-state index < -0.39 is 0 Å². The van der Waals surface area contributed by atoms with Gasteiger partial charge in [-0.3, -0.25) is 4.79 Å². The second-order valence-electron chi connectivity index (χ2n) is 4.30. The minimum Gasteiger partial charge on any atom is -0.463 e. The van der Waals surface area contributed by atoms with E-state index >= 15 is 0 Å². The number of rotatable bonds is 3. The van der Waals surface area contributed by atoms with E-state index in [2.05, 4.69) is 5.32 Å². The van der Waals surface area contributed by atoms with Crippen LogP contribution in [0.4, 0.5) is 0 Å². The van der Waals surface area contributed by atoms with Crippen molar-refractivity contribution in [3.05, 3.63) is 36.1 Å². The summed E-state index contributed by atoms with van der Waals surface area (Å²) in [5.74, 6) is 0.666. The van der Waals surface area contributed by atoms with E-state index in [1.807, 2.05) is 24.3 Å². The maximum absolute atomic E-state index is 11.9. The van der Waals surface area contributed by atoms with Gasteiger partial charge in [-0.05, 0) is 24.8 Å². The molecule has 82 valence electrons. The zero-order valence-electron chi connectivity index (χ0n) is 8.90. The van der Waals surface area contributed by atoms with Crippen LogP contribution in [-0.4, -0.2) is 12.5 Å². The van der Waals surface area contributed by atoms with Crippen molar-refractivity contribution in [2.24, 2.45) is 5.92 Å². The molecule has 0 spiro atoms. The topological polar surface area (TPSA) is 42.2 Å². The first kappa shape index (κ1) is 9.46. The van der Waals surface area contributed by atoms with Crippen LogP contribution in [0.15, 0.2) is 34.9 Å². The molecule has 0 unspecified atom stereocenters. The minimum absolute atomic E-state index is 0.0307. The predicted molar refractivity (Wildman–Crippen MR) is 61.3 cm³/mol. The summed E-state index contributed by atoms with van der Waals surface area (Å²) in [4.78, 5) is 11.9. The Morgan fingerprint density at radius 3 is 3.00 bits per heavy atom. The summed E-state index contributed by atoms with van der Waals surface area (Å²) in [6.07, 6.45) is 4.02. The lowest BCUT2D eigenvalue weighted by Crippen LogP contribution is -2.25. The van der Waals surface area contributed by atoms with Crippen LogP contribution in [-0.2, 0) is 0 Å². The normalized spacial score (nSPS) is 15.2. The molecule has 1 aliphatic rings. The zero-order valence-corrected chi connectivity index (χ0v) is 8.90. The van der Waals surface area contributed by atoms with E-state index in [1.54, 1.807) is 0 Å². The summed E-state index contributed by atoms with van der Waals surface area (Å²) >= 11 is 0. The number of benzene rings is 1. The largest absolute Gasteiger partial charge is 0.463 e. The number of carbonyl (C=O) groups excluding carboxylic acids is 1. The van der Waals surface area contributed by atoms with Gasteiger partial charge in [0.2, 0.25) is 0 Å². The molecule has 2 aromatic rings. The van der Waals surface area contributed by atoms with Gasteiger partial charge in [-0.25, -0.2) is 0 Å². The Kier molecular flexibility index (Phi) is 2.17. The lowest BCUT2D eigenvalue weighted by Gasteiger charge is -2.01. The number of carbonyl (C=O) groups is 1. The van der Waals surface area contributed by atoms with Gasteiger partial charge in [0.25, 0.3) is 5.91 Å². The van der Waals surface area contributed by atoms with Crippen LogP contribution in [0.25, 0.3) is 11.0 Å². The fraction of sp³-hybridized carbons (Fsp3) is 0.308. The number of furan rings is 1. The average Bonchev–Trinajstić information content (AvgIpc) is 3.04. The fourth-order valence-electron chi connectivity index (χ4n) is 1.81. The predicted octanol–water partition coefficient (Wildman–Crippen LogP) is 2.57. The number of nitrogens with one attached hydrogen (secondary N) is 1. The first-order valence-electron chi connectivity index (χ1n) is 5.59. The molecule has 1 aromatic heterocycles. The smallest absolute Gasteiger partial charge is 0.255 e. The molecule has 3 heteroatoms. The quantitative estimate of drug-likeness (QED) is 0.855. The van der Waals surface area contributed by atoms with Crippen molar-refractivity contribution in [1.29, 1.82) is 0 Å². The number of hydrogen-bond donors (Lipinski definition) is 1. The van der Waals surface area contributed by atoms with Gasteiger partial charge in [-0.1, -0.05) is 18.2 Å². The van der Waals surface area contributed by atoms with E-state index in [0.717, 1.165) is 17.5 Å². The number of para-hydroxylation sites is 1. The van der Waals surface area contributed by atoms with Crippen molar-refractivity contribution in [2.45, 2.75) is 12.8 Å². The Balaban J connectivity index is 1.83. The first-order valence-corrected chi connectivity index (χ1v) is 5.59. The summed E-state index contributed by atoms with van der Waals surface area (Å²) < 4.78 is 5.33. The third kappa shape index (κ3) is 1.69. The highest BCUT2D eigenvalue weighted by atomic mass is 16.3. The van der Waals surface area contributed by atoms with Crippen LogP contribution in [0, 0.1) is 5.92 Å². The Morgan fingerprint density at radius 2 is 2.19 bits per heavy atom. The fourth-order valence-corrected chi connectivity index (χ4v) is 1.81. The van der Waals surface area contributed by atoms with Crippen molar-refractivity contribution in [1.82, 2.24) is 5.32 Å². The van der Waals surface area contributed by atoms with Crippen LogP contribution < -0.4 is 5.32 Å². The van der Waals surface area contributed by atoms with Gasteiger partial charge in [0, 0.05) is 11.9 Å². The van der Waals surface area contributed by atoms with Gasteiger partial charge in [0.1, 0.15) is 11.8 Å². The maximum Gasteiger partial charge on any atom is 0.255 e. The molecule has 1 fully saturated rings. The summed E-state index contributed by atoms with van der Waals surface area (Å²) in [6.45, 7) is 0.790. The highest BCUT2D eigenvalue weighted by Gasteiger charge is 2.22. The summed E-state index contributed by atoms with van der Waals surface area (Å²) in [7, 11) is 0. The van der Waals surface area contributed by atoms with Gasteiger partial charge >= 0.3 is 0 Å². The monoisotopic (exact) mass is 215 g/mol. The molecule has 0 saturated heterocycles. The molecule has 3 rings (SSSR count). The van der Waals surface area contributed by atoms with E-state index in [9.17, 15) is 4.79 Å². The van der Waals surface area contributed by atoms with Crippen molar-refractivity contribution in [3.8, 4) is 0 Å². The standard InChI is InChI=1S/C13H13NO2/c15-13(14-7-9-5-6-9)11-8-16-12-4-2-1-3-10(11)12/h1-4,8-9H,5-7H2,(H,14,15). The van der Waals surface area contributed by atoms with Crippen molar-refractivity contribution >= 4 is 16.9 Å². The zero-order chi connectivity index (χ0) is 11.0. The second kappa shape index (κ2) is 3.67. The minimum atomic E-state index is -0.0307. The highest BCUT2D eigenvalue weighted by Crippen LogP contribution is 2.28. The molecular weight excluding hydrogens is 202 g/mol. The van der Waals surface area contributed by atoms with Crippen LogP contribution in [0.1, 0.15) is 23.2 Å². The van der Waals surface area contributed by atoms with Gasteiger partial charge in [-0.2, -0.15) is 0 Å². The van der Waals surface area contributed by atoms with Crippen molar-refractivity contribution in [3.63, 3.8) is 0 Å². The molecule has 3 nitrogen and oxygen atoms in total. The SMILES string of the molecule is O=C(NCC1CC1)c1coc2ccccc12. The van der Waals surface area contributed by atoms with Crippen molar-refractivity contribution in [2.75, 3.05) is 6.54 Å². The number of hydrogen-bond acceptors (Lipinski definition) is 2. The van der Waals surface area contributed by atoms with E-state index in [0.29, 0.717) is 11.5 Å². The van der Waals surface area contributed by atoms with Crippen LogP contribution in [0.2, 0.25) is 0 Å². The molecule has 1 aliphatic carbocycles. The lowest BCUT2D eigenvalue weighted by atomic mass is 10.1. The third-order valence-electron chi connectivity index (χ3n) is 2.97.